The molecule has 0 saturated carbocycles. The van der Waals surface area contributed by atoms with Crippen molar-refractivity contribution in [2.75, 3.05) is 14.2 Å². The Morgan fingerprint density at radius 1 is 1.11 bits per heavy atom. The average Bonchev–Trinajstić information content (AvgIpc) is 2.46. The van der Waals surface area contributed by atoms with Crippen LogP contribution in [0.2, 0.25) is 0 Å². The molecule has 2 heterocycles. The molecule has 0 aliphatic rings. The summed E-state index contributed by atoms with van der Waals surface area (Å²) in [5, 5.41) is 17.8. The molecule has 0 aliphatic heterocycles. The van der Waals surface area contributed by atoms with Crippen LogP contribution in [-0.4, -0.2) is 34.5 Å². The average molecular weight is 247 g/mol. The van der Waals surface area contributed by atoms with Gasteiger partial charge < -0.3 is 14.6 Å². The molecule has 1 N–H and O–H groups in total. The molecule has 2 aromatic rings. The molecule has 0 spiro atoms. The Morgan fingerprint density at radius 2 is 1.94 bits per heavy atom. The molecule has 0 radical (unpaired) electrons. The van der Waals surface area contributed by atoms with Gasteiger partial charge in [-0.05, 0) is 12.1 Å². The minimum absolute atomic E-state index is 0.398. The fraction of sp³-hybridized carbons (Fsp3) is 0.250. The monoisotopic (exact) mass is 247 g/mol. The first-order valence-electron chi connectivity index (χ1n) is 5.29. The maximum atomic E-state index is 10.1. The molecule has 1 atom stereocenters. The van der Waals surface area contributed by atoms with Crippen molar-refractivity contribution in [2.24, 2.45) is 0 Å². The number of pyridine rings is 1. The molecule has 2 aromatic heterocycles. The van der Waals surface area contributed by atoms with Crippen LogP contribution in [0.5, 0.6) is 11.6 Å². The molecule has 94 valence electrons. The second kappa shape index (κ2) is 5.42. The second-order valence-corrected chi connectivity index (χ2v) is 3.56. The van der Waals surface area contributed by atoms with Gasteiger partial charge in [0.05, 0.1) is 26.1 Å². The van der Waals surface area contributed by atoms with Gasteiger partial charge in [-0.3, -0.25) is 4.98 Å². The van der Waals surface area contributed by atoms with E-state index in [0.717, 1.165) is 0 Å². The summed E-state index contributed by atoms with van der Waals surface area (Å²) in [6, 6.07) is 4.98. The lowest BCUT2D eigenvalue weighted by Gasteiger charge is -2.10. The van der Waals surface area contributed by atoms with E-state index in [9.17, 15) is 5.11 Å². The largest absolute Gasteiger partial charge is 0.495 e. The number of aliphatic hydroxyl groups is 1. The highest BCUT2D eigenvalue weighted by molar-refractivity contribution is 5.29. The quantitative estimate of drug-likeness (QED) is 0.867. The van der Waals surface area contributed by atoms with Crippen molar-refractivity contribution < 1.29 is 14.6 Å². The fourth-order valence-electron chi connectivity index (χ4n) is 1.45. The summed E-state index contributed by atoms with van der Waals surface area (Å²) in [5.74, 6) is 0.975. The fourth-order valence-corrected chi connectivity index (χ4v) is 1.45. The van der Waals surface area contributed by atoms with Crippen LogP contribution in [0.1, 0.15) is 17.4 Å². The van der Waals surface area contributed by atoms with Gasteiger partial charge in [0.2, 0.25) is 5.88 Å². The van der Waals surface area contributed by atoms with Crippen LogP contribution in [0.4, 0.5) is 0 Å². The Balaban J connectivity index is 2.25. The van der Waals surface area contributed by atoms with E-state index >= 15 is 0 Å². The summed E-state index contributed by atoms with van der Waals surface area (Å²) in [6.45, 7) is 0. The molecule has 0 aromatic carbocycles. The van der Waals surface area contributed by atoms with Gasteiger partial charge in [-0.25, -0.2) is 0 Å². The third-order valence-electron chi connectivity index (χ3n) is 2.44. The predicted octanol–water partition coefficient (Wildman–Crippen LogP) is 0.970. The van der Waals surface area contributed by atoms with Gasteiger partial charge in [-0.1, -0.05) is 0 Å². The van der Waals surface area contributed by atoms with E-state index in [1.165, 1.54) is 7.11 Å². The van der Waals surface area contributed by atoms with Gasteiger partial charge in [0, 0.05) is 17.8 Å². The van der Waals surface area contributed by atoms with Crippen molar-refractivity contribution in [3.8, 4) is 11.6 Å². The molecule has 0 aliphatic carbocycles. The molecule has 0 amide bonds. The molecular formula is C12H13N3O3. The van der Waals surface area contributed by atoms with Gasteiger partial charge >= 0.3 is 0 Å². The Labute approximate surface area is 104 Å². The van der Waals surface area contributed by atoms with Gasteiger partial charge in [0.15, 0.2) is 0 Å². The smallest absolute Gasteiger partial charge is 0.233 e. The number of methoxy groups -OCH3 is 2. The highest BCUT2D eigenvalue weighted by Crippen LogP contribution is 2.22. The molecule has 6 heteroatoms. The third kappa shape index (κ3) is 2.54. The number of hydrogen-bond donors (Lipinski definition) is 1. The van der Waals surface area contributed by atoms with Crippen molar-refractivity contribution in [1.82, 2.24) is 15.2 Å². The zero-order valence-electron chi connectivity index (χ0n) is 10.1. The highest BCUT2D eigenvalue weighted by atomic mass is 16.5. The lowest BCUT2D eigenvalue weighted by Crippen LogP contribution is -2.05. The normalized spacial score (nSPS) is 11.9. The van der Waals surface area contributed by atoms with Crippen molar-refractivity contribution in [3.63, 3.8) is 0 Å². The number of nitrogens with zero attached hydrogens (tertiary/aromatic N) is 3. The molecule has 0 fully saturated rings. The zero-order chi connectivity index (χ0) is 13.0. The Kier molecular flexibility index (Phi) is 3.69. The SMILES string of the molecule is COc1cncc(C(O)c2ccc(OC)nn2)c1. The van der Waals surface area contributed by atoms with Crippen molar-refractivity contribution in [3.05, 3.63) is 41.9 Å². The van der Waals surface area contributed by atoms with Crippen LogP contribution in [0.3, 0.4) is 0 Å². The second-order valence-electron chi connectivity index (χ2n) is 3.56. The van der Waals surface area contributed by atoms with Crippen molar-refractivity contribution >= 4 is 0 Å². The number of hydrogen-bond acceptors (Lipinski definition) is 6. The summed E-state index contributed by atoms with van der Waals surface area (Å²) in [5.41, 5.74) is 1.01. The van der Waals surface area contributed by atoms with Crippen LogP contribution >= 0.6 is 0 Å². The van der Waals surface area contributed by atoms with Gasteiger partial charge in [0.25, 0.3) is 0 Å². The molecule has 1 unspecified atom stereocenters. The Bertz CT molecular complexity index is 516. The van der Waals surface area contributed by atoms with Crippen molar-refractivity contribution in [2.45, 2.75) is 6.10 Å². The van der Waals surface area contributed by atoms with Gasteiger partial charge in [-0.15, -0.1) is 10.2 Å². The molecule has 2 rings (SSSR count). The van der Waals surface area contributed by atoms with E-state index in [1.807, 2.05) is 0 Å². The Hall–Kier alpha value is -2.21. The lowest BCUT2D eigenvalue weighted by atomic mass is 10.1. The minimum atomic E-state index is -0.897. The summed E-state index contributed by atoms with van der Waals surface area (Å²) >= 11 is 0. The standard InChI is InChI=1S/C12H13N3O3/c1-17-9-5-8(6-13-7-9)12(16)10-3-4-11(18-2)15-14-10/h3-7,12,16H,1-2H3. The summed E-state index contributed by atoms with van der Waals surface area (Å²) in [4.78, 5) is 3.98. The van der Waals surface area contributed by atoms with Crippen LogP contribution in [-0.2, 0) is 0 Å². The molecular weight excluding hydrogens is 234 g/mol. The first-order chi connectivity index (χ1) is 8.74. The van der Waals surface area contributed by atoms with E-state index in [4.69, 9.17) is 9.47 Å². The first kappa shape index (κ1) is 12.3. The molecule has 0 saturated heterocycles. The summed E-state index contributed by atoms with van der Waals surface area (Å²) < 4.78 is 9.95. The number of rotatable bonds is 4. The maximum absolute atomic E-state index is 10.1. The molecule has 18 heavy (non-hydrogen) atoms. The van der Waals surface area contributed by atoms with E-state index in [2.05, 4.69) is 15.2 Å². The minimum Gasteiger partial charge on any atom is -0.495 e. The first-order valence-corrected chi connectivity index (χ1v) is 5.29. The van der Waals surface area contributed by atoms with Crippen LogP contribution in [0, 0.1) is 0 Å². The molecule has 0 bridgehead atoms. The highest BCUT2D eigenvalue weighted by Gasteiger charge is 2.14. The molecule has 6 nitrogen and oxygen atoms in total. The van der Waals surface area contributed by atoms with E-state index < -0.39 is 6.10 Å². The van der Waals surface area contributed by atoms with Gasteiger partial charge in [0.1, 0.15) is 11.9 Å². The van der Waals surface area contributed by atoms with E-state index in [-0.39, 0.29) is 0 Å². The topological polar surface area (TPSA) is 77.4 Å². The third-order valence-corrected chi connectivity index (χ3v) is 2.44. The van der Waals surface area contributed by atoms with E-state index in [1.54, 1.807) is 37.7 Å². The summed E-state index contributed by atoms with van der Waals surface area (Å²) in [7, 11) is 3.05. The van der Waals surface area contributed by atoms with Gasteiger partial charge in [-0.2, -0.15) is 0 Å². The number of ether oxygens (including phenoxy) is 2. The lowest BCUT2D eigenvalue weighted by molar-refractivity contribution is 0.212. The van der Waals surface area contributed by atoms with Crippen LogP contribution < -0.4 is 9.47 Å². The van der Waals surface area contributed by atoms with Crippen molar-refractivity contribution in [1.29, 1.82) is 0 Å². The van der Waals surface area contributed by atoms with Crippen LogP contribution in [0.15, 0.2) is 30.6 Å². The zero-order valence-corrected chi connectivity index (χ0v) is 10.1. The maximum Gasteiger partial charge on any atom is 0.233 e. The summed E-state index contributed by atoms with van der Waals surface area (Å²) in [6.07, 6.45) is 2.22. The number of aliphatic hydroxyl groups excluding tert-OH is 1. The number of aromatic nitrogens is 3. The van der Waals surface area contributed by atoms with E-state index in [0.29, 0.717) is 22.9 Å². The van der Waals surface area contributed by atoms with Crippen LogP contribution in [0.25, 0.3) is 0 Å². The predicted molar refractivity (Wildman–Crippen MR) is 63.4 cm³/mol. The Morgan fingerprint density at radius 3 is 2.56 bits per heavy atom.